The number of hydrogen-bond donors (Lipinski definition) is 0. The lowest BCUT2D eigenvalue weighted by Gasteiger charge is -2.24. The Morgan fingerprint density at radius 1 is 1.61 bits per heavy atom. The highest BCUT2D eigenvalue weighted by Gasteiger charge is 2.19. The molecule has 5 heteroatoms. The lowest BCUT2D eigenvalue weighted by Crippen LogP contribution is -2.32. The van der Waals surface area contributed by atoms with Crippen molar-refractivity contribution in [3.8, 4) is 0 Å². The van der Waals surface area contributed by atoms with Crippen molar-refractivity contribution >= 4 is 5.91 Å². The van der Waals surface area contributed by atoms with Crippen LogP contribution in [0.15, 0.2) is 18.7 Å². The van der Waals surface area contributed by atoms with Crippen LogP contribution < -0.4 is 0 Å². The Hall–Kier alpha value is -1.36. The van der Waals surface area contributed by atoms with E-state index in [1.54, 1.807) is 17.4 Å². The molecule has 1 fully saturated rings. The van der Waals surface area contributed by atoms with Crippen molar-refractivity contribution in [3.63, 3.8) is 0 Å². The molecule has 0 saturated carbocycles. The van der Waals surface area contributed by atoms with Gasteiger partial charge in [0.25, 0.3) is 0 Å². The Morgan fingerprint density at radius 3 is 3.17 bits per heavy atom. The second-order valence-corrected chi connectivity index (χ2v) is 4.90. The van der Waals surface area contributed by atoms with Gasteiger partial charge in [0, 0.05) is 52.2 Å². The summed E-state index contributed by atoms with van der Waals surface area (Å²) in [6.07, 6.45) is 8.24. The first-order valence-corrected chi connectivity index (χ1v) is 6.53. The van der Waals surface area contributed by atoms with Crippen LogP contribution in [0.2, 0.25) is 0 Å². The highest BCUT2D eigenvalue weighted by Crippen LogP contribution is 2.17. The van der Waals surface area contributed by atoms with Crippen LogP contribution in [0.1, 0.15) is 19.3 Å². The Kier molecular flexibility index (Phi) is 4.75. The number of carbonyl (C=O) groups excluding carboxylic acids is 1. The molecule has 1 saturated heterocycles. The molecule has 0 N–H and O–H groups in total. The van der Waals surface area contributed by atoms with Crippen LogP contribution in [0.25, 0.3) is 0 Å². The zero-order valence-electron chi connectivity index (χ0n) is 10.9. The maximum Gasteiger partial charge on any atom is 0.222 e. The summed E-state index contributed by atoms with van der Waals surface area (Å²) in [6, 6.07) is 0. The highest BCUT2D eigenvalue weighted by molar-refractivity contribution is 5.76. The molecule has 0 aromatic carbocycles. The van der Waals surface area contributed by atoms with Crippen LogP contribution in [0.5, 0.6) is 0 Å². The quantitative estimate of drug-likeness (QED) is 0.789. The third kappa shape index (κ3) is 3.84. The zero-order chi connectivity index (χ0) is 12.8. The molecule has 2 rings (SSSR count). The van der Waals surface area contributed by atoms with E-state index in [9.17, 15) is 4.79 Å². The second-order valence-electron chi connectivity index (χ2n) is 4.90. The molecule has 1 amide bonds. The second kappa shape index (κ2) is 6.54. The molecular weight excluding hydrogens is 230 g/mol. The molecule has 1 aliphatic rings. The van der Waals surface area contributed by atoms with Crippen LogP contribution in [0, 0.1) is 5.92 Å². The van der Waals surface area contributed by atoms with Crippen molar-refractivity contribution in [2.45, 2.75) is 25.8 Å². The monoisotopic (exact) mass is 251 g/mol. The van der Waals surface area contributed by atoms with Crippen LogP contribution in [0.4, 0.5) is 0 Å². The van der Waals surface area contributed by atoms with Crippen LogP contribution in [0.3, 0.4) is 0 Å². The minimum Gasteiger partial charge on any atom is -0.381 e. The number of nitrogens with zero attached hydrogens (tertiary/aromatic N) is 3. The SMILES string of the molecule is CN(CCn1ccnc1)C(=O)C[C@H]1CCCOC1. The summed E-state index contributed by atoms with van der Waals surface area (Å²) in [4.78, 5) is 17.8. The molecule has 1 atom stereocenters. The number of hydrogen-bond acceptors (Lipinski definition) is 3. The number of carbonyl (C=O) groups is 1. The molecule has 18 heavy (non-hydrogen) atoms. The van der Waals surface area contributed by atoms with Crippen molar-refractivity contribution < 1.29 is 9.53 Å². The van der Waals surface area contributed by atoms with Gasteiger partial charge in [0.05, 0.1) is 6.33 Å². The minimum atomic E-state index is 0.214. The highest BCUT2D eigenvalue weighted by atomic mass is 16.5. The number of imidazole rings is 1. The third-order valence-electron chi connectivity index (χ3n) is 3.40. The lowest BCUT2D eigenvalue weighted by molar-refractivity contribution is -0.132. The Bertz CT molecular complexity index is 358. The van der Waals surface area contributed by atoms with E-state index in [1.165, 1.54) is 0 Å². The predicted octanol–water partition coefficient (Wildman–Crippen LogP) is 1.16. The van der Waals surface area contributed by atoms with Gasteiger partial charge in [0.2, 0.25) is 5.91 Å². The van der Waals surface area contributed by atoms with Gasteiger partial charge in [-0.05, 0) is 18.8 Å². The van der Waals surface area contributed by atoms with Gasteiger partial charge < -0.3 is 14.2 Å². The van der Waals surface area contributed by atoms with Crippen molar-refractivity contribution in [2.75, 3.05) is 26.8 Å². The van der Waals surface area contributed by atoms with E-state index in [1.807, 2.05) is 17.8 Å². The van der Waals surface area contributed by atoms with Gasteiger partial charge in [-0.25, -0.2) is 4.98 Å². The van der Waals surface area contributed by atoms with E-state index in [0.29, 0.717) is 12.3 Å². The number of rotatable bonds is 5. The van der Waals surface area contributed by atoms with E-state index < -0.39 is 0 Å². The maximum absolute atomic E-state index is 12.0. The topological polar surface area (TPSA) is 47.4 Å². The molecule has 1 aliphatic heterocycles. The zero-order valence-corrected chi connectivity index (χ0v) is 10.9. The van der Waals surface area contributed by atoms with Gasteiger partial charge in [-0.15, -0.1) is 0 Å². The first kappa shape index (κ1) is 13.1. The lowest BCUT2D eigenvalue weighted by atomic mass is 9.98. The molecule has 1 aromatic rings. The molecule has 0 bridgehead atoms. The first-order valence-electron chi connectivity index (χ1n) is 6.53. The molecule has 1 aromatic heterocycles. The van der Waals surface area contributed by atoms with E-state index in [-0.39, 0.29) is 5.91 Å². The van der Waals surface area contributed by atoms with Crippen molar-refractivity contribution in [1.82, 2.24) is 14.5 Å². The largest absolute Gasteiger partial charge is 0.381 e. The molecule has 0 radical (unpaired) electrons. The van der Waals surface area contributed by atoms with Crippen LogP contribution >= 0.6 is 0 Å². The fourth-order valence-electron chi connectivity index (χ4n) is 2.18. The molecule has 0 unspecified atom stereocenters. The molecular formula is C13H21N3O2. The summed E-state index contributed by atoms with van der Waals surface area (Å²) in [5.41, 5.74) is 0. The molecule has 0 aliphatic carbocycles. The standard InChI is InChI=1S/C13H21N3O2/c1-15(6-7-16-5-4-14-11-16)13(17)9-12-3-2-8-18-10-12/h4-5,11-12H,2-3,6-10H2,1H3/t12-/m1/s1. The fraction of sp³-hybridized carbons (Fsp3) is 0.692. The molecule has 2 heterocycles. The van der Waals surface area contributed by atoms with Gasteiger partial charge in [-0.1, -0.05) is 0 Å². The van der Waals surface area contributed by atoms with Crippen molar-refractivity contribution in [3.05, 3.63) is 18.7 Å². The van der Waals surface area contributed by atoms with Gasteiger partial charge in [0.15, 0.2) is 0 Å². The molecule has 5 nitrogen and oxygen atoms in total. The summed E-state index contributed by atoms with van der Waals surface area (Å²) in [6.45, 7) is 3.11. The van der Waals surface area contributed by atoms with Crippen molar-refractivity contribution in [2.24, 2.45) is 5.92 Å². The number of likely N-dealkylation sites (N-methyl/N-ethyl adjacent to an activating group) is 1. The summed E-state index contributed by atoms with van der Waals surface area (Å²) in [5.74, 6) is 0.618. The number of ether oxygens (including phenoxy) is 1. The van der Waals surface area contributed by atoms with E-state index >= 15 is 0 Å². The summed E-state index contributed by atoms with van der Waals surface area (Å²) < 4.78 is 7.38. The first-order chi connectivity index (χ1) is 8.75. The average molecular weight is 251 g/mol. The van der Waals surface area contributed by atoms with Crippen LogP contribution in [-0.4, -0.2) is 47.2 Å². The Morgan fingerprint density at radius 2 is 2.50 bits per heavy atom. The van der Waals surface area contributed by atoms with Gasteiger partial charge in [-0.2, -0.15) is 0 Å². The van der Waals surface area contributed by atoms with Gasteiger partial charge in [0.1, 0.15) is 0 Å². The fourth-order valence-corrected chi connectivity index (χ4v) is 2.18. The van der Waals surface area contributed by atoms with Gasteiger partial charge >= 0.3 is 0 Å². The number of aromatic nitrogens is 2. The third-order valence-corrected chi connectivity index (χ3v) is 3.40. The Labute approximate surface area is 108 Å². The smallest absolute Gasteiger partial charge is 0.222 e. The van der Waals surface area contributed by atoms with Crippen LogP contribution in [-0.2, 0) is 16.1 Å². The van der Waals surface area contributed by atoms with Gasteiger partial charge in [-0.3, -0.25) is 4.79 Å². The molecule has 100 valence electrons. The normalized spacial score (nSPS) is 19.7. The van der Waals surface area contributed by atoms with E-state index in [0.717, 1.165) is 39.1 Å². The summed E-state index contributed by atoms with van der Waals surface area (Å²) in [5, 5.41) is 0. The average Bonchev–Trinajstić information content (AvgIpc) is 2.90. The van der Waals surface area contributed by atoms with E-state index in [2.05, 4.69) is 4.98 Å². The summed E-state index contributed by atoms with van der Waals surface area (Å²) >= 11 is 0. The Balaban J connectivity index is 1.70. The minimum absolute atomic E-state index is 0.214. The maximum atomic E-state index is 12.0. The van der Waals surface area contributed by atoms with Crippen molar-refractivity contribution in [1.29, 1.82) is 0 Å². The molecule has 0 spiro atoms. The number of amides is 1. The van der Waals surface area contributed by atoms with E-state index in [4.69, 9.17) is 4.74 Å². The predicted molar refractivity (Wildman–Crippen MR) is 68.0 cm³/mol. The summed E-state index contributed by atoms with van der Waals surface area (Å²) in [7, 11) is 1.86.